The van der Waals surface area contributed by atoms with Gasteiger partial charge in [0.05, 0.1) is 50.0 Å². The van der Waals surface area contributed by atoms with E-state index in [1.807, 2.05) is 0 Å². The lowest BCUT2D eigenvalue weighted by molar-refractivity contribution is -0.432. The second-order valence-electron chi connectivity index (χ2n) is 19.2. The van der Waals surface area contributed by atoms with Crippen molar-refractivity contribution in [1.82, 2.24) is 20.9 Å². The average molecular weight is 1020 g/mol. The van der Waals surface area contributed by atoms with Gasteiger partial charge < -0.3 is 86.1 Å². The van der Waals surface area contributed by atoms with E-state index >= 15 is 0 Å². The molecule has 25 nitrogen and oxygen atoms in total. The summed E-state index contributed by atoms with van der Waals surface area (Å²) in [7, 11) is 0. The number of aliphatic hydroxyl groups excluding tert-OH is 6. The molecule has 3 heterocycles. The van der Waals surface area contributed by atoms with E-state index in [0.717, 1.165) is 0 Å². The van der Waals surface area contributed by atoms with Crippen LogP contribution in [0, 0.1) is 23.7 Å². The highest BCUT2D eigenvalue weighted by atomic mass is 16.7. The predicted molar refractivity (Wildman–Crippen MR) is 240 cm³/mol. The number of ketones is 4. The number of likely N-dealkylation sites (tertiary alicyclic amines) is 1. The van der Waals surface area contributed by atoms with Gasteiger partial charge in [-0.1, -0.05) is 27.7 Å². The molecule has 25 heteroatoms. The Morgan fingerprint density at radius 2 is 1.35 bits per heavy atom. The van der Waals surface area contributed by atoms with Crippen molar-refractivity contribution in [2.45, 2.75) is 185 Å². The van der Waals surface area contributed by atoms with Crippen LogP contribution < -0.4 is 26.8 Å². The van der Waals surface area contributed by atoms with E-state index in [1.165, 1.54) is 25.7 Å². The molecular formula is C46H75N5O20. The van der Waals surface area contributed by atoms with Crippen molar-refractivity contribution in [3.8, 4) is 0 Å². The van der Waals surface area contributed by atoms with Crippen molar-refractivity contribution in [1.29, 1.82) is 0 Å². The first kappa shape index (κ1) is 60.9. The lowest BCUT2D eigenvalue weighted by Crippen LogP contribution is -2.71. The number of carbonyl (C=O) groups excluding carboxylic acids is 9. The fourth-order valence-electron chi connectivity index (χ4n) is 8.44. The molecule has 0 saturated carbocycles. The zero-order valence-corrected chi connectivity index (χ0v) is 41.4. The van der Waals surface area contributed by atoms with Gasteiger partial charge in [0, 0.05) is 62.8 Å². The van der Waals surface area contributed by atoms with Crippen LogP contribution in [0.15, 0.2) is 0 Å². The molecule has 3 fully saturated rings. The molecule has 3 aliphatic rings. The Morgan fingerprint density at radius 3 is 1.96 bits per heavy atom. The van der Waals surface area contributed by atoms with Crippen molar-refractivity contribution < 1.29 is 104 Å². The molecular weight excluding hydrogens is 943 g/mol. The van der Waals surface area contributed by atoms with Gasteiger partial charge in [0.1, 0.15) is 42.7 Å². The third kappa shape index (κ3) is 17.1. The normalized spacial score (nSPS) is 29.2. The van der Waals surface area contributed by atoms with Crippen LogP contribution in [0.5, 0.6) is 0 Å². The van der Waals surface area contributed by atoms with Gasteiger partial charge in [-0.15, -0.1) is 0 Å². The largest absolute Gasteiger partial charge is 0.548 e. The number of aliphatic carboxylic acids is 1. The number of carbonyl (C=O) groups is 9. The van der Waals surface area contributed by atoms with Gasteiger partial charge in [0.15, 0.2) is 41.8 Å². The summed E-state index contributed by atoms with van der Waals surface area (Å²) < 4.78 is 23.3. The second kappa shape index (κ2) is 28.2. The Labute approximate surface area is 411 Å². The number of ether oxygens (including phenoxy) is 4. The summed E-state index contributed by atoms with van der Waals surface area (Å²) in [5.74, 6) is -8.68. The van der Waals surface area contributed by atoms with Gasteiger partial charge in [0.2, 0.25) is 23.6 Å². The fraction of sp³-hybridized carbons (Fsp3) is 0.804. The summed E-state index contributed by atoms with van der Waals surface area (Å²) in [4.78, 5) is 116. The molecule has 0 bridgehead atoms. The molecule has 4 amide bonds. The molecule has 71 heavy (non-hydrogen) atoms. The highest BCUT2D eigenvalue weighted by molar-refractivity contribution is 5.96. The first-order valence-corrected chi connectivity index (χ1v) is 24.1. The summed E-state index contributed by atoms with van der Waals surface area (Å²) >= 11 is 0. The van der Waals surface area contributed by atoms with Crippen molar-refractivity contribution in [3.63, 3.8) is 0 Å². The van der Waals surface area contributed by atoms with Gasteiger partial charge in [-0.2, -0.15) is 0 Å². The van der Waals surface area contributed by atoms with Crippen LogP contribution in [0.1, 0.15) is 99.8 Å². The number of amides is 4. The number of nitrogens with one attached hydrogen (secondary N) is 3. The topological polar surface area (TPSA) is 402 Å². The van der Waals surface area contributed by atoms with Crippen LogP contribution in [-0.4, -0.2) is 200 Å². The monoisotopic (exact) mass is 1020 g/mol. The van der Waals surface area contributed by atoms with Crippen LogP contribution in [0.4, 0.5) is 0 Å². The number of carboxylic acids is 1. The Hall–Kier alpha value is -4.41. The minimum absolute atomic E-state index is 0.234. The number of quaternary nitrogens is 1. The number of nitrogens with zero attached hydrogens (tertiary/aromatic N) is 1. The fourth-order valence-corrected chi connectivity index (χ4v) is 8.44. The maximum Gasteiger partial charge on any atom is 0.227 e. The minimum atomic E-state index is -1.78. The van der Waals surface area contributed by atoms with Gasteiger partial charge >= 0.3 is 0 Å². The molecule has 0 spiro atoms. The summed E-state index contributed by atoms with van der Waals surface area (Å²) in [5, 5.41) is 79.4. The Morgan fingerprint density at radius 1 is 0.746 bits per heavy atom. The van der Waals surface area contributed by atoms with Crippen molar-refractivity contribution in [2.75, 3.05) is 26.3 Å². The van der Waals surface area contributed by atoms with Crippen LogP contribution >= 0.6 is 0 Å². The van der Waals surface area contributed by atoms with E-state index in [9.17, 15) is 78.9 Å². The molecule has 404 valence electrons. The van der Waals surface area contributed by atoms with E-state index < -0.39 is 170 Å². The molecule has 12 N–H and O–H groups in total. The van der Waals surface area contributed by atoms with Gasteiger partial charge in [0.25, 0.3) is 0 Å². The number of rotatable bonds is 28. The van der Waals surface area contributed by atoms with E-state index in [1.54, 1.807) is 27.7 Å². The minimum Gasteiger partial charge on any atom is -0.548 e. The predicted octanol–water partition coefficient (Wildman–Crippen LogP) is -5.71. The quantitative estimate of drug-likeness (QED) is 0.0349. The summed E-state index contributed by atoms with van der Waals surface area (Å²) in [6, 6.07) is -4.22. The lowest BCUT2D eigenvalue weighted by Gasteiger charge is -2.47. The molecule has 3 saturated heterocycles. The zero-order chi connectivity index (χ0) is 53.6. The number of Topliss-reactive ketones (excluding diaryl/α,β-unsaturated/α-hetero) is 4. The number of aliphatic hydroxyl groups is 6. The van der Waals surface area contributed by atoms with Crippen molar-refractivity contribution in [2.24, 2.45) is 23.7 Å². The Bertz CT molecular complexity index is 1870. The van der Waals surface area contributed by atoms with E-state index in [0.29, 0.717) is 12.8 Å². The van der Waals surface area contributed by atoms with Crippen molar-refractivity contribution in [3.05, 3.63) is 0 Å². The van der Waals surface area contributed by atoms with Gasteiger partial charge in [-0.05, 0) is 39.5 Å². The lowest BCUT2D eigenvalue weighted by atomic mass is 9.86. The number of hydrogen-bond donors (Lipinski definition) is 10. The molecule has 17 atom stereocenters. The maximum atomic E-state index is 14.1. The highest BCUT2D eigenvalue weighted by Crippen LogP contribution is 2.34. The molecule has 0 aromatic heterocycles. The van der Waals surface area contributed by atoms with E-state index in [2.05, 4.69) is 21.7 Å². The van der Waals surface area contributed by atoms with Gasteiger partial charge in [-0.25, -0.2) is 0 Å². The Balaban J connectivity index is 1.52. The first-order valence-electron chi connectivity index (χ1n) is 24.1. The molecule has 3 rings (SSSR count). The Kier molecular flexibility index (Phi) is 24.1. The van der Waals surface area contributed by atoms with E-state index in [4.69, 9.17) is 18.9 Å². The highest BCUT2D eigenvalue weighted by Gasteiger charge is 2.51. The molecule has 7 unspecified atom stereocenters. The van der Waals surface area contributed by atoms with Crippen LogP contribution in [0.2, 0.25) is 0 Å². The summed E-state index contributed by atoms with van der Waals surface area (Å²) in [6.07, 6.45) is -15.2. The summed E-state index contributed by atoms with van der Waals surface area (Å²) in [5.41, 5.74) is 4.00. The van der Waals surface area contributed by atoms with Crippen LogP contribution in [0.25, 0.3) is 0 Å². The summed E-state index contributed by atoms with van der Waals surface area (Å²) in [6.45, 7) is 9.14. The van der Waals surface area contributed by atoms with Crippen LogP contribution in [-0.2, 0) is 62.1 Å². The molecule has 0 aromatic carbocycles. The second-order valence-corrected chi connectivity index (χ2v) is 19.2. The molecule has 0 aromatic rings. The maximum absolute atomic E-state index is 14.1. The molecule has 3 aliphatic heterocycles. The SMILES string of the molecule is CC(CC(=O)[C@@H]1CCCN1C(=O)C(CC(=O)[C@@H]([NH3+])C(C)O[C@H]1OC(CO)[C@H](O)[C@H](O[C@@H]2OC(CO)[C@H](O)[C@H](O)C2O)C1C)C(C)C)C(=O)N[C@@H](C)C(=O)CCC(=O)NCC(=O)CCC(=O)N[C@@H](C)C(=O)[O-]. The molecule has 0 aliphatic carbocycles. The average Bonchev–Trinajstić information content (AvgIpc) is 3.83. The van der Waals surface area contributed by atoms with Gasteiger partial charge in [-0.3, -0.25) is 38.4 Å². The smallest absolute Gasteiger partial charge is 0.227 e. The third-order valence-corrected chi connectivity index (χ3v) is 13.3. The first-order chi connectivity index (χ1) is 33.2. The van der Waals surface area contributed by atoms with E-state index in [-0.39, 0.29) is 56.8 Å². The number of carboxylic acid groups (broad SMARTS) is 1. The number of hydrogen-bond acceptors (Lipinski definition) is 20. The molecule has 0 radical (unpaired) electrons. The van der Waals surface area contributed by atoms with Crippen LogP contribution in [0.3, 0.4) is 0 Å². The van der Waals surface area contributed by atoms with Crippen molar-refractivity contribution >= 4 is 52.7 Å². The third-order valence-electron chi connectivity index (χ3n) is 13.3. The zero-order valence-electron chi connectivity index (χ0n) is 41.4. The standard InChI is InChI=1S/C46H75N5O20/c1-20(2)27(16-31(57)36(47)25(7)68-45-22(4)41(38(61)33(19-53)69-45)71-46-40(63)39(62)37(60)32(18-52)70-46)43(65)51-14-8-9-28(51)30(56)15-21(3)42(64)50-23(5)29(55)11-13-34(58)48-17-26(54)10-12-35(59)49-24(6)44(66)67/h20-25,27-28,32-33,36-41,45-46,52-53,60-63H,8-19,47H2,1-7H3,(H,48,58)(H,49,59)(H,50,64)(H,66,67)/t21?,22?,23-,24-,25?,27?,28-,32?,33?,36-,37-,38-,39-,40?,41+,45-,46-/m0/s1.